The van der Waals surface area contributed by atoms with E-state index in [9.17, 15) is 18.0 Å². The highest BCUT2D eigenvalue weighted by atomic mass is 32.2. The highest BCUT2D eigenvalue weighted by Crippen LogP contribution is 2.24. The van der Waals surface area contributed by atoms with Crippen LogP contribution in [-0.2, 0) is 30.7 Å². The van der Waals surface area contributed by atoms with Crippen LogP contribution in [0.1, 0.15) is 18.9 Å². The van der Waals surface area contributed by atoms with Crippen molar-refractivity contribution in [3.63, 3.8) is 0 Å². The lowest BCUT2D eigenvalue weighted by molar-refractivity contribution is -0.152. The van der Waals surface area contributed by atoms with E-state index in [1.807, 2.05) is 12.1 Å². The van der Waals surface area contributed by atoms with E-state index < -0.39 is 21.9 Å². The molecule has 1 heterocycles. The molecule has 144 valence electrons. The van der Waals surface area contributed by atoms with Gasteiger partial charge in [-0.05, 0) is 31.0 Å². The van der Waals surface area contributed by atoms with Crippen LogP contribution in [0.5, 0.6) is 5.75 Å². The van der Waals surface area contributed by atoms with Crippen LogP contribution in [0.2, 0.25) is 0 Å². The quantitative estimate of drug-likeness (QED) is 0.653. The number of carbonyl (C=O) groups excluding carboxylic acids is 2. The summed E-state index contributed by atoms with van der Waals surface area (Å²) in [5.41, 5.74) is 0.899. The lowest BCUT2D eigenvalue weighted by Gasteiger charge is -2.14. The Labute approximate surface area is 157 Å². The van der Waals surface area contributed by atoms with Gasteiger partial charge in [-0.25, -0.2) is 8.42 Å². The fraction of sp³-hybridized carbons (Fsp3) is 0.529. The van der Waals surface area contributed by atoms with Gasteiger partial charge in [0, 0.05) is 11.8 Å². The van der Waals surface area contributed by atoms with Crippen molar-refractivity contribution in [2.45, 2.75) is 31.2 Å². The van der Waals surface area contributed by atoms with Crippen molar-refractivity contribution in [1.29, 1.82) is 0 Å². The largest absolute Gasteiger partial charge is 0.497 e. The zero-order chi connectivity index (χ0) is 19.2. The molecule has 7 nitrogen and oxygen atoms in total. The Bertz CT molecular complexity index is 732. The van der Waals surface area contributed by atoms with Crippen LogP contribution in [0, 0.1) is 0 Å². The predicted molar refractivity (Wildman–Crippen MR) is 99.9 cm³/mol. The minimum Gasteiger partial charge on any atom is -0.497 e. The number of hydrogen-bond donors (Lipinski definition) is 1. The molecule has 26 heavy (non-hydrogen) atoms. The van der Waals surface area contributed by atoms with Crippen molar-refractivity contribution in [1.82, 2.24) is 5.32 Å². The van der Waals surface area contributed by atoms with E-state index in [4.69, 9.17) is 9.47 Å². The summed E-state index contributed by atoms with van der Waals surface area (Å²) < 4.78 is 33.0. The highest BCUT2D eigenvalue weighted by Gasteiger charge is 2.29. The Morgan fingerprint density at radius 2 is 2.00 bits per heavy atom. The van der Waals surface area contributed by atoms with Gasteiger partial charge in [-0.15, -0.1) is 11.8 Å². The minimum absolute atomic E-state index is 0.0380. The van der Waals surface area contributed by atoms with Gasteiger partial charge < -0.3 is 14.8 Å². The van der Waals surface area contributed by atoms with E-state index in [0.717, 1.165) is 11.3 Å². The van der Waals surface area contributed by atoms with Gasteiger partial charge >= 0.3 is 5.97 Å². The van der Waals surface area contributed by atoms with E-state index in [1.54, 1.807) is 19.2 Å². The molecular formula is C17H23NO6S2. The van der Waals surface area contributed by atoms with Crippen LogP contribution >= 0.6 is 11.8 Å². The molecule has 0 bridgehead atoms. The third kappa shape index (κ3) is 6.53. The van der Waals surface area contributed by atoms with Gasteiger partial charge in [-0.3, -0.25) is 9.59 Å². The van der Waals surface area contributed by atoms with Crippen molar-refractivity contribution in [3.8, 4) is 5.75 Å². The second-order valence-electron chi connectivity index (χ2n) is 6.03. The van der Waals surface area contributed by atoms with E-state index >= 15 is 0 Å². The van der Waals surface area contributed by atoms with Crippen LogP contribution in [0.15, 0.2) is 24.3 Å². The molecule has 0 radical (unpaired) electrons. The van der Waals surface area contributed by atoms with Gasteiger partial charge in [0.1, 0.15) is 5.75 Å². The molecule has 1 N–H and O–H groups in total. The number of nitrogens with one attached hydrogen (secondary N) is 1. The monoisotopic (exact) mass is 401 g/mol. The Hall–Kier alpha value is -1.74. The smallest absolute Gasteiger partial charge is 0.316 e. The summed E-state index contributed by atoms with van der Waals surface area (Å²) >= 11 is 1.26. The maximum atomic E-state index is 12.0. The average Bonchev–Trinajstić information content (AvgIpc) is 2.97. The number of esters is 1. The summed E-state index contributed by atoms with van der Waals surface area (Å²) in [4.78, 5) is 23.9. The molecule has 1 aromatic rings. The molecule has 1 aliphatic rings. The molecule has 0 aromatic heterocycles. The van der Waals surface area contributed by atoms with Gasteiger partial charge in [0.05, 0.1) is 24.4 Å². The number of carbonyl (C=O) groups is 2. The fourth-order valence-electron chi connectivity index (χ4n) is 2.44. The first-order valence-electron chi connectivity index (χ1n) is 8.21. The van der Waals surface area contributed by atoms with Gasteiger partial charge in [-0.2, -0.15) is 0 Å². The third-order valence-electron chi connectivity index (χ3n) is 3.93. The summed E-state index contributed by atoms with van der Waals surface area (Å²) in [5, 5.41) is 2.63. The molecule has 1 aromatic carbocycles. The number of methoxy groups -OCH3 is 1. The number of sulfone groups is 1. The van der Waals surface area contributed by atoms with Crippen molar-refractivity contribution >= 4 is 33.5 Å². The van der Waals surface area contributed by atoms with E-state index in [-0.39, 0.29) is 28.4 Å². The molecule has 1 amide bonds. The number of benzene rings is 1. The second-order valence-corrected chi connectivity index (χ2v) is 9.55. The first-order valence-corrected chi connectivity index (χ1v) is 11.1. The number of rotatable bonds is 8. The summed E-state index contributed by atoms with van der Waals surface area (Å²) in [6, 6.07) is 7.26. The Morgan fingerprint density at radius 3 is 2.58 bits per heavy atom. The Morgan fingerprint density at radius 1 is 1.31 bits per heavy atom. The standard InChI is InChI=1S/C17H23NO6S2/c1-12(17(20)18-9-13-3-5-14(23-2)6-4-13)24-16(19)10-25-15-7-8-26(21,22)11-15/h3-6,12,15H,7-11H2,1-2H3,(H,18,20)/t12-,15+/m0/s1. The van der Waals surface area contributed by atoms with E-state index in [1.165, 1.54) is 18.7 Å². The van der Waals surface area contributed by atoms with E-state index in [2.05, 4.69) is 5.32 Å². The van der Waals surface area contributed by atoms with Gasteiger partial charge in [0.25, 0.3) is 5.91 Å². The SMILES string of the molecule is COc1ccc(CNC(=O)[C@H](C)OC(=O)CS[C@@H]2CCS(=O)(=O)C2)cc1. The molecule has 0 spiro atoms. The van der Waals surface area contributed by atoms with Gasteiger partial charge in [-0.1, -0.05) is 12.1 Å². The van der Waals surface area contributed by atoms with E-state index in [0.29, 0.717) is 13.0 Å². The molecule has 9 heteroatoms. The molecule has 2 atom stereocenters. The minimum atomic E-state index is -2.96. The van der Waals surface area contributed by atoms with Crippen LogP contribution in [-0.4, -0.2) is 56.0 Å². The summed E-state index contributed by atoms with van der Waals surface area (Å²) in [5.74, 6) is 0.132. The molecule has 2 rings (SSSR count). The topological polar surface area (TPSA) is 98.8 Å². The molecule has 1 fully saturated rings. The summed E-state index contributed by atoms with van der Waals surface area (Å²) in [6.45, 7) is 1.82. The zero-order valence-corrected chi connectivity index (χ0v) is 16.4. The van der Waals surface area contributed by atoms with Crippen LogP contribution in [0.3, 0.4) is 0 Å². The van der Waals surface area contributed by atoms with Crippen molar-refractivity contribution in [2.75, 3.05) is 24.4 Å². The number of ether oxygens (including phenoxy) is 2. The van der Waals surface area contributed by atoms with Gasteiger partial charge in [0.2, 0.25) is 0 Å². The zero-order valence-electron chi connectivity index (χ0n) is 14.8. The fourth-order valence-corrected chi connectivity index (χ4v) is 5.86. The number of thioether (sulfide) groups is 1. The van der Waals surface area contributed by atoms with Crippen molar-refractivity contribution < 1.29 is 27.5 Å². The number of amides is 1. The maximum Gasteiger partial charge on any atom is 0.316 e. The number of hydrogen-bond acceptors (Lipinski definition) is 7. The predicted octanol–water partition coefficient (Wildman–Crippen LogP) is 1.16. The second kappa shape index (κ2) is 9.27. The molecule has 1 saturated heterocycles. The first-order chi connectivity index (χ1) is 12.3. The molecule has 0 saturated carbocycles. The lowest BCUT2D eigenvalue weighted by Crippen LogP contribution is -2.35. The Kier molecular flexibility index (Phi) is 7.33. The molecule has 0 unspecified atom stereocenters. The van der Waals surface area contributed by atoms with Crippen LogP contribution in [0.4, 0.5) is 0 Å². The highest BCUT2D eigenvalue weighted by molar-refractivity contribution is 8.02. The maximum absolute atomic E-state index is 12.0. The summed E-state index contributed by atoms with van der Waals surface area (Å²) in [7, 11) is -1.38. The Balaban J connectivity index is 1.69. The third-order valence-corrected chi connectivity index (χ3v) is 7.19. The van der Waals surface area contributed by atoms with Crippen molar-refractivity contribution in [3.05, 3.63) is 29.8 Å². The van der Waals surface area contributed by atoms with Crippen LogP contribution in [0.25, 0.3) is 0 Å². The molecule has 1 aliphatic heterocycles. The average molecular weight is 402 g/mol. The normalized spacial score (nSPS) is 19.5. The first kappa shape index (κ1) is 20.6. The molecule has 0 aliphatic carbocycles. The van der Waals surface area contributed by atoms with Crippen molar-refractivity contribution in [2.24, 2.45) is 0 Å². The van der Waals surface area contributed by atoms with Gasteiger partial charge in [0.15, 0.2) is 15.9 Å². The van der Waals surface area contributed by atoms with Crippen LogP contribution < -0.4 is 10.1 Å². The molecular weight excluding hydrogens is 378 g/mol. The summed E-state index contributed by atoms with van der Waals surface area (Å²) in [6.07, 6.45) is -0.355. The lowest BCUT2D eigenvalue weighted by atomic mass is 10.2.